The molecule has 5 nitrogen and oxygen atoms in total. The minimum Gasteiger partial charge on any atom is -0.342 e. The van der Waals surface area contributed by atoms with Crippen molar-refractivity contribution in [3.05, 3.63) is 18.0 Å². The second-order valence-electron chi connectivity index (χ2n) is 7.00. The molecule has 0 bridgehead atoms. The van der Waals surface area contributed by atoms with E-state index in [9.17, 15) is 4.79 Å². The van der Waals surface area contributed by atoms with Gasteiger partial charge in [0.1, 0.15) is 0 Å². The number of piperidine rings is 1. The molecule has 21 heavy (non-hydrogen) atoms. The molecule has 4 rings (SSSR count). The number of fused-ring (bicyclic) bond motifs is 1. The standard InChI is InChI=1S/C16H24N4O/c1-19-7-5-14(18-19)12-3-8-20(9-4-12)15(21)16-6-2-13(16)10-17-11-16/h5,7,12-13,17H,2-4,6,8-11H2,1H3/t13-,16-/m0/s1. The van der Waals surface area contributed by atoms with Crippen LogP contribution < -0.4 is 5.32 Å². The Morgan fingerprint density at radius 1 is 1.38 bits per heavy atom. The van der Waals surface area contributed by atoms with Crippen LogP contribution in [0.5, 0.6) is 0 Å². The van der Waals surface area contributed by atoms with Crippen molar-refractivity contribution in [2.75, 3.05) is 26.2 Å². The predicted octanol–water partition coefficient (Wildman–Crippen LogP) is 1.13. The second-order valence-corrected chi connectivity index (χ2v) is 7.00. The Morgan fingerprint density at radius 2 is 2.19 bits per heavy atom. The number of nitrogens with one attached hydrogen (secondary N) is 1. The van der Waals surface area contributed by atoms with E-state index in [4.69, 9.17) is 0 Å². The maximum atomic E-state index is 12.9. The topological polar surface area (TPSA) is 50.2 Å². The van der Waals surface area contributed by atoms with Crippen LogP contribution in [0.3, 0.4) is 0 Å². The third kappa shape index (κ3) is 2.01. The number of amides is 1. The van der Waals surface area contributed by atoms with Crippen LogP contribution in [-0.4, -0.2) is 46.8 Å². The summed E-state index contributed by atoms with van der Waals surface area (Å²) in [6, 6.07) is 2.11. The number of nitrogens with zero attached hydrogens (tertiary/aromatic N) is 3. The van der Waals surface area contributed by atoms with Crippen LogP contribution in [0.4, 0.5) is 0 Å². The fourth-order valence-corrected chi connectivity index (χ4v) is 4.40. The summed E-state index contributed by atoms with van der Waals surface area (Å²) in [5, 5.41) is 7.94. The molecule has 0 radical (unpaired) electrons. The van der Waals surface area contributed by atoms with E-state index in [1.807, 2.05) is 17.9 Å². The Bertz CT molecular complexity index is 546. The monoisotopic (exact) mass is 288 g/mol. The lowest BCUT2D eigenvalue weighted by Gasteiger charge is -2.46. The first kappa shape index (κ1) is 13.3. The van der Waals surface area contributed by atoms with Gasteiger partial charge in [-0.25, -0.2) is 0 Å². The second kappa shape index (κ2) is 4.83. The van der Waals surface area contributed by atoms with Crippen LogP contribution in [-0.2, 0) is 11.8 Å². The Balaban J connectivity index is 1.40. The van der Waals surface area contributed by atoms with E-state index in [0.717, 1.165) is 45.4 Å². The van der Waals surface area contributed by atoms with Gasteiger partial charge in [-0.05, 0) is 44.2 Å². The van der Waals surface area contributed by atoms with Crippen molar-refractivity contribution in [1.82, 2.24) is 20.0 Å². The van der Waals surface area contributed by atoms with Gasteiger partial charge in [-0.15, -0.1) is 0 Å². The molecule has 3 fully saturated rings. The highest BCUT2D eigenvalue weighted by Crippen LogP contribution is 2.50. The Kier molecular flexibility index (Phi) is 3.06. The molecule has 1 aromatic rings. The van der Waals surface area contributed by atoms with Crippen LogP contribution in [0.2, 0.25) is 0 Å². The third-order valence-electron chi connectivity index (χ3n) is 5.91. The van der Waals surface area contributed by atoms with Crippen molar-refractivity contribution in [2.45, 2.75) is 31.6 Å². The minimum absolute atomic E-state index is 0.0438. The highest BCUT2D eigenvalue weighted by Gasteiger charge is 2.56. The molecular weight excluding hydrogens is 264 g/mol. The summed E-state index contributed by atoms with van der Waals surface area (Å²) >= 11 is 0. The first-order valence-corrected chi connectivity index (χ1v) is 8.19. The molecule has 3 heterocycles. The average molecular weight is 288 g/mol. The molecule has 2 saturated heterocycles. The Morgan fingerprint density at radius 3 is 2.76 bits per heavy atom. The number of likely N-dealkylation sites (tertiary alicyclic amines) is 1. The number of aromatic nitrogens is 2. The highest BCUT2D eigenvalue weighted by atomic mass is 16.2. The van der Waals surface area contributed by atoms with E-state index in [0.29, 0.717) is 17.7 Å². The van der Waals surface area contributed by atoms with E-state index in [2.05, 4.69) is 21.4 Å². The van der Waals surface area contributed by atoms with Gasteiger partial charge in [0.15, 0.2) is 0 Å². The van der Waals surface area contributed by atoms with Gasteiger partial charge in [-0.3, -0.25) is 9.48 Å². The summed E-state index contributed by atoms with van der Waals surface area (Å²) in [6.45, 7) is 3.73. The van der Waals surface area contributed by atoms with Crippen molar-refractivity contribution < 1.29 is 4.79 Å². The van der Waals surface area contributed by atoms with Crippen LogP contribution in [0.15, 0.2) is 12.3 Å². The van der Waals surface area contributed by atoms with Crippen molar-refractivity contribution >= 4 is 5.91 Å². The van der Waals surface area contributed by atoms with E-state index in [-0.39, 0.29) is 5.41 Å². The normalized spacial score (nSPS) is 32.8. The zero-order valence-electron chi connectivity index (χ0n) is 12.7. The predicted molar refractivity (Wildman–Crippen MR) is 79.8 cm³/mol. The number of hydrogen-bond acceptors (Lipinski definition) is 3. The van der Waals surface area contributed by atoms with Crippen LogP contribution in [0.1, 0.15) is 37.3 Å². The van der Waals surface area contributed by atoms with Crippen molar-refractivity contribution in [2.24, 2.45) is 18.4 Å². The summed E-state index contributed by atoms with van der Waals surface area (Å²) in [7, 11) is 1.96. The highest BCUT2D eigenvalue weighted by molar-refractivity contribution is 5.85. The lowest BCUT2D eigenvalue weighted by molar-refractivity contribution is -0.150. The summed E-state index contributed by atoms with van der Waals surface area (Å²) in [5.74, 6) is 1.54. The molecule has 3 aliphatic rings. The first-order chi connectivity index (χ1) is 10.2. The molecule has 1 amide bonds. The maximum Gasteiger partial charge on any atom is 0.230 e. The SMILES string of the molecule is Cn1ccc(C2CCN(C(=O)[C@]34CC[C@H]3CNC4)CC2)n1. The Hall–Kier alpha value is -1.36. The van der Waals surface area contributed by atoms with Gasteiger partial charge in [0.05, 0.1) is 11.1 Å². The number of aryl methyl sites for hydroxylation is 1. The molecule has 2 atom stereocenters. The van der Waals surface area contributed by atoms with Gasteiger partial charge >= 0.3 is 0 Å². The quantitative estimate of drug-likeness (QED) is 0.887. The minimum atomic E-state index is -0.0438. The molecule has 1 aliphatic carbocycles. The zero-order chi connectivity index (χ0) is 14.4. The van der Waals surface area contributed by atoms with Gasteiger partial charge in [-0.2, -0.15) is 5.10 Å². The molecule has 1 N–H and O–H groups in total. The van der Waals surface area contributed by atoms with Gasteiger partial charge in [-0.1, -0.05) is 0 Å². The van der Waals surface area contributed by atoms with Gasteiger partial charge in [0.2, 0.25) is 5.91 Å². The van der Waals surface area contributed by atoms with Crippen LogP contribution in [0, 0.1) is 11.3 Å². The van der Waals surface area contributed by atoms with Crippen molar-refractivity contribution in [3.63, 3.8) is 0 Å². The Labute approximate surface area is 125 Å². The number of hydrogen-bond donors (Lipinski definition) is 1. The van der Waals surface area contributed by atoms with E-state index >= 15 is 0 Å². The first-order valence-electron chi connectivity index (χ1n) is 8.19. The largest absolute Gasteiger partial charge is 0.342 e. The molecule has 5 heteroatoms. The van der Waals surface area contributed by atoms with Crippen molar-refractivity contribution in [3.8, 4) is 0 Å². The lowest BCUT2D eigenvalue weighted by atomic mass is 9.61. The van der Waals surface area contributed by atoms with Crippen LogP contribution in [0.25, 0.3) is 0 Å². The van der Waals surface area contributed by atoms with Gasteiger partial charge in [0, 0.05) is 38.8 Å². The fourth-order valence-electron chi connectivity index (χ4n) is 4.40. The van der Waals surface area contributed by atoms with E-state index < -0.39 is 0 Å². The number of carbonyl (C=O) groups excluding carboxylic acids is 1. The fraction of sp³-hybridized carbons (Fsp3) is 0.750. The molecule has 114 valence electrons. The van der Waals surface area contributed by atoms with Crippen molar-refractivity contribution in [1.29, 1.82) is 0 Å². The molecule has 2 aliphatic heterocycles. The molecule has 0 spiro atoms. The average Bonchev–Trinajstić information content (AvgIpc) is 3.03. The molecule has 1 aromatic heterocycles. The lowest BCUT2D eigenvalue weighted by Crippen LogP contribution is -2.54. The summed E-state index contributed by atoms with van der Waals surface area (Å²) in [4.78, 5) is 15.0. The number of rotatable bonds is 2. The summed E-state index contributed by atoms with van der Waals surface area (Å²) in [6.07, 6.45) is 6.43. The van der Waals surface area contributed by atoms with E-state index in [1.54, 1.807) is 0 Å². The molecule has 0 unspecified atom stereocenters. The smallest absolute Gasteiger partial charge is 0.230 e. The summed E-state index contributed by atoms with van der Waals surface area (Å²) in [5.41, 5.74) is 1.14. The van der Waals surface area contributed by atoms with Gasteiger partial charge in [0.25, 0.3) is 0 Å². The molecule has 1 saturated carbocycles. The molecular formula is C16H24N4O. The number of carbonyl (C=O) groups is 1. The van der Waals surface area contributed by atoms with Gasteiger partial charge < -0.3 is 10.2 Å². The van der Waals surface area contributed by atoms with Crippen LogP contribution >= 0.6 is 0 Å². The molecule has 0 aromatic carbocycles. The van der Waals surface area contributed by atoms with E-state index in [1.165, 1.54) is 12.1 Å². The summed E-state index contributed by atoms with van der Waals surface area (Å²) < 4.78 is 1.87. The third-order valence-corrected chi connectivity index (χ3v) is 5.91. The maximum absolute atomic E-state index is 12.9. The zero-order valence-corrected chi connectivity index (χ0v) is 12.7.